The lowest BCUT2D eigenvalue weighted by Crippen LogP contribution is -2.13. The van der Waals surface area contributed by atoms with Crippen molar-refractivity contribution in [3.63, 3.8) is 0 Å². The topological polar surface area (TPSA) is 140 Å². The number of sulfone groups is 1. The Labute approximate surface area is 217 Å². The van der Waals surface area contributed by atoms with Crippen molar-refractivity contribution in [3.05, 3.63) is 58.1 Å². The molecule has 0 aliphatic rings. The summed E-state index contributed by atoms with van der Waals surface area (Å²) < 4.78 is 39.6. The van der Waals surface area contributed by atoms with Gasteiger partial charge in [0.15, 0.2) is 11.5 Å². The number of hydrogen-bond donors (Lipinski definition) is 1. The van der Waals surface area contributed by atoms with Crippen LogP contribution in [-0.4, -0.2) is 51.1 Å². The van der Waals surface area contributed by atoms with Crippen molar-refractivity contribution in [2.75, 3.05) is 31.9 Å². The lowest BCUT2D eigenvalue weighted by atomic mass is 10.1. The van der Waals surface area contributed by atoms with E-state index >= 15 is 0 Å². The lowest BCUT2D eigenvalue weighted by Gasteiger charge is -2.12. The number of aryl methyl sites for hydroxylation is 1. The molecule has 1 N–H and O–H groups in total. The highest BCUT2D eigenvalue weighted by Gasteiger charge is 2.17. The molecule has 0 fully saturated rings. The van der Waals surface area contributed by atoms with Crippen molar-refractivity contribution < 1.29 is 27.4 Å². The molecule has 0 aliphatic heterocycles. The summed E-state index contributed by atoms with van der Waals surface area (Å²) in [7, 11) is -2.09. The van der Waals surface area contributed by atoms with Gasteiger partial charge in [0.25, 0.3) is 5.91 Å². The average Bonchev–Trinajstić information content (AvgIpc) is 3.32. The Hall–Kier alpha value is -3.66. The van der Waals surface area contributed by atoms with E-state index in [2.05, 4.69) is 15.5 Å². The molecule has 0 aliphatic carbocycles. The maximum atomic E-state index is 12.5. The summed E-state index contributed by atoms with van der Waals surface area (Å²) in [6, 6.07) is 12.1. The quantitative estimate of drug-likeness (QED) is 0.173. The summed E-state index contributed by atoms with van der Waals surface area (Å²) in [6.07, 6.45) is 2.33. The number of carbonyl (C=O) groups is 1. The fourth-order valence-electron chi connectivity index (χ4n) is 2.80. The van der Waals surface area contributed by atoms with Crippen LogP contribution in [0.3, 0.4) is 0 Å². The fraction of sp³-hybridized carbons (Fsp3) is 0.217. The third-order valence-electron chi connectivity index (χ3n) is 4.55. The van der Waals surface area contributed by atoms with Gasteiger partial charge in [-0.05, 0) is 54.5 Å². The van der Waals surface area contributed by atoms with Crippen LogP contribution in [0.1, 0.15) is 11.1 Å². The van der Waals surface area contributed by atoms with E-state index in [0.717, 1.165) is 11.8 Å². The second kappa shape index (κ2) is 11.9. The number of carbonyl (C=O) groups excluding carboxylic acids is 1. The van der Waals surface area contributed by atoms with Gasteiger partial charge >= 0.3 is 0 Å². The first-order valence-corrected chi connectivity index (χ1v) is 13.4. The van der Waals surface area contributed by atoms with Crippen LogP contribution < -0.4 is 19.5 Å². The zero-order valence-electron chi connectivity index (χ0n) is 19.4. The highest BCUT2D eigenvalue weighted by molar-refractivity contribution is 7.92. The number of amides is 1. The highest BCUT2D eigenvalue weighted by atomic mass is 35.5. The van der Waals surface area contributed by atoms with Crippen molar-refractivity contribution in [1.82, 2.24) is 10.2 Å². The molecule has 10 nitrogen and oxygen atoms in total. The molecule has 0 bridgehead atoms. The molecule has 1 aromatic heterocycles. The number of ether oxygens (including phenoxy) is 3. The van der Waals surface area contributed by atoms with Crippen LogP contribution in [0.5, 0.6) is 17.2 Å². The van der Waals surface area contributed by atoms with E-state index in [1.807, 2.05) is 19.1 Å². The minimum atomic E-state index is -3.55. The number of hydrogen-bond acceptors (Lipinski definition) is 10. The maximum Gasteiger partial charge on any atom is 0.268 e. The Balaban J connectivity index is 1.64. The van der Waals surface area contributed by atoms with E-state index in [-0.39, 0.29) is 28.3 Å². The molecule has 0 atom stereocenters. The normalized spacial score (nSPS) is 11.5. The van der Waals surface area contributed by atoms with Crippen LogP contribution in [0, 0.1) is 18.3 Å². The zero-order valence-corrected chi connectivity index (χ0v) is 21.8. The Morgan fingerprint density at radius 2 is 1.92 bits per heavy atom. The second-order valence-corrected chi connectivity index (χ2v) is 10.9. The molecule has 1 heterocycles. The standard InChI is InChI=1S/C23H21ClN4O6S2/c1-14-10-17(5-6-18(14)24)33-8-9-34-19-7-4-15(12-20(19)32-2)11-16(13-25)21(29)26-22-27-28-23(35-22)36(3,30)31/h4-7,10-12H,8-9H2,1-3H3,(H,26,27,29)/b16-11-. The van der Waals surface area contributed by atoms with Crippen molar-refractivity contribution in [1.29, 1.82) is 5.26 Å². The van der Waals surface area contributed by atoms with Crippen LogP contribution in [0.4, 0.5) is 5.13 Å². The van der Waals surface area contributed by atoms with Gasteiger partial charge < -0.3 is 14.2 Å². The first kappa shape index (κ1) is 26.9. The van der Waals surface area contributed by atoms with E-state index in [1.165, 1.54) is 13.2 Å². The van der Waals surface area contributed by atoms with Gasteiger partial charge in [0.2, 0.25) is 19.3 Å². The van der Waals surface area contributed by atoms with Gasteiger partial charge in [-0.1, -0.05) is 29.0 Å². The molecular weight excluding hydrogens is 528 g/mol. The van der Waals surface area contributed by atoms with Gasteiger partial charge in [-0.15, -0.1) is 10.2 Å². The van der Waals surface area contributed by atoms with Crippen molar-refractivity contribution in [2.45, 2.75) is 11.3 Å². The first-order valence-electron chi connectivity index (χ1n) is 10.3. The van der Waals surface area contributed by atoms with Crippen molar-refractivity contribution >= 4 is 49.9 Å². The number of anilines is 1. The number of halogens is 1. The molecule has 188 valence electrons. The molecule has 3 rings (SSSR count). The van der Waals surface area contributed by atoms with E-state index < -0.39 is 15.7 Å². The Bertz CT molecular complexity index is 1450. The maximum absolute atomic E-state index is 12.5. The zero-order chi connectivity index (χ0) is 26.3. The first-order chi connectivity index (χ1) is 17.1. The lowest BCUT2D eigenvalue weighted by molar-refractivity contribution is -0.112. The minimum absolute atomic E-state index is 0.0427. The Morgan fingerprint density at radius 1 is 1.17 bits per heavy atom. The summed E-state index contributed by atoms with van der Waals surface area (Å²) in [5, 5.41) is 19.6. The highest BCUT2D eigenvalue weighted by Crippen LogP contribution is 2.29. The second-order valence-electron chi connectivity index (χ2n) is 7.29. The SMILES string of the molecule is COc1cc(/C=C(/C#N)C(=O)Nc2nnc(S(C)(=O)=O)s2)ccc1OCCOc1ccc(Cl)c(C)c1. The molecule has 0 saturated carbocycles. The number of nitrogens with one attached hydrogen (secondary N) is 1. The van der Waals surface area contributed by atoms with Gasteiger partial charge in [-0.2, -0.15) is 5.26 Å². The molecule has 36 heavy (non-hydrogen) atoms. The summed E-state index contributed by atoms with van der Waals surface area (Å²) in [5.74, 6) is 0.764. The van der Waals surface area contributed by atoms with E-state index in [9.17, 15) is 18.5 Å². The van der Waals surface area contributed by atoms with Crippen LogP contribution in [0.25, 0.3) is 6.08 Å². The molecule has 0 unspecified atom stereocenters. The summed E-state index contributed by atoms with van der Waals surface area (Å²) in [5.41, 5.74) is 1.19. The third kappa shape index (κ3) is 7.17. The summed E-state index contributed by atoms with van der Waals surface area (Å²) in [6.45, 7) is 2.42. The number of aromatic nitrogens is 2. The van der Waals surface area contributed by atoms with Gasteiger partial charge in [0.05, 0.1) is 7.11 Å². The van der Waals surface area contributed by atoms with E-state index in [0.29, 0.717) is 39.2 Å². The summed E-state index contributed by atoms with van der Waals surface area (Å²) in [4.78, 5) is 12.5. The predicted octanol–water partition coefficient (Wildman–Crippen LogP) is 3.92. The third-order valence-corrected chi connectivity index (χ3v) is 7.48. The van der Waals surface area contributed by atoms with Gasteiger partial charge in [0, 0.05) is 11.3 Å². The monoisotopic (exact) mass is 548 g/mol. The molecule has 3 aromatic rings. The Morgan fingerprint density at radius 3 is 2.56 bits per heavy atom. The van der Waals surface area contributed by atoms with Crippen LogP contribution in [0.2, 0.25) is 5.02 Å². The smallest absolute Gasteiger partial charge is 0.268 e. The summed E-state index contributed by atoms with van der Waals surface area (Å²) >= 11 is 6.70. The minimum Gasteiger partial charge on any atom is -0.493 e. The van der Waals surface area contributed by atoms with Gasteiger partial charge in [0.1, 0.15) is 30.6 Å². The van der Waals surface area contributed by atoms with Crippen LogP contribution in [-0.2, 0) is 14.6 Å². The van der Waals surface area contributed by atoms with Crippen molar-refractivity contribution in [3.8, 4) is 23.3 Å². The molecule has 0 saturated heterocycles. The molecule has 13 heteroatoms. The van der Waals surface area contributed by atoms with E-state index in [4.69, 9.17) is 25.8 Å². The van der Waals surface area contributed by atoms with Crippen molar-refractivity contribution in [2.24, 2.45) is 0 Å². The molecule has 1 amide bonds. The van der Waals surface area contributed by atoms with Gasteiger partial charge in [-0.3, -0.25) is 10.1 Å². The Kier molecular flexibility index (Phi) is 8.87. The number of nitriles is 1. The van der Waals surface area contributed by atoms with Crippen LogP contribution >= 0.6 is 22.9 Å². The predicted molar refractivity (Wildman–Crippen MR) is 135 cm³/mol. The molecule has 0 radical (unpaired) electrons. The number of rotatable bonds is 10. The largest absolute Gasteiger partial charge is 0.493 e. The fourth-order valence-corrected chi connectivity index (χ4v) is 4.42. The average molecular weight is 549 g/mol. The molecule has 0 spiro atoms. The number of methoxy groups -OCH3 is 1. The number of benzene rings is 2. The molecular formula is C23H21ClN4O6S2. The number of nitrogens with zero attached hydrogens (tertiary/aromatic N) is 3. The van der Waals surface area contributed by atoms with Crippen LogP contribution in [0.15, 0.2) is 46.3 Å². The van der Waals surface area contributed by atoms with E-state index in [1.54, 1.807) is 30.3 Å². The van der Waals surface area contributed by atoms with Gasteiger partial charge in [-0.25, -0.2) is 8.42 Å². The molecule has 2 aromatic carbocycles.